The Morgan fingerprint density at radius 2 is 1.62 bits per heavy atom. The lowest BCUT2D eigenvalue weighted by Gasteiger charge is -2.29. The van der Waals surface area contributed by atoms with Gasteiger partial charge in [-0.05, 0) is 74.1 Å². The molecular weight excluding hydrogens is 429 g/mol. The lowest BCUT2D eigenvalue weighted by molar-refractivity contribution is -0.133. The number of carbonyl (C=O) groups excluding carboxylic acids is 1. The molecule has 172 valence electrons. The molecule has 2 fully saturated rings. The third-order valence-electron chi connectivity index (χ3n) is 6.36. The maximum absolute atomic E-state index is 13.2. The maximum Gasteiger partial charge on any atom is 0.243 e. The van der Waals surface area contributed by atoms with E-state index in [2.05, 4.69) is 17.0 Å². The number of hydrogen-bond acceptors (Lipinski definition) is 4. The first kappa shape index (κ1) is 22.7. The molecule has 2 aromatic carbocycles. The Bertz CT molecular complexity index is 1040. The molecule has 0 spiro atoms. The van der Waals surface area contributed by atoms with Gasteiger partial charge in [-0.15, -0.1) is 0 Å². The van der Waals surface area contributed by atoms with Crippen LogP contribution in [0.25, 0.3) is 0 Å². The van der Waals surface area contributed by atoms with Gasteiger partial charge < -0.3 is 9.80 Å². The molecule has 0 bridgehead atoms. The van der Waals surface area contributed by atoms with Crippen LogP contribution in [0.4, 0.5) is 10.1 Å². The highest BCUT2D eigenvalue weighted by molar-refractivity contribution is 7.89. The van der Waals surface area contributed by atoms with Crippen molar-refractivity contribution in [2.45, 2.75) is 49.6 Å². The van der Waals surface area contributed by atoms with E-state index in [0.29, 0.717) is 19.4 Å². The summed E-state index contributed by atoms with van der Waals surface area (Å²) in [4.78, 5) is 17.2. The summed E-state index contributed by atoms with van der Waals surface area (Å²) >= 11 is 0. The van der Waals surface area contributed by atoms with Crippen LogP contribution in [0.3, 0.4) is 0 Å². The SMILES string of the molecule is CN(Cc1ccc(N2CCCCC2)cc1)C(=O)C1CCCN1S(=O)(=O)c1ccc(F)cc1. The average Bonchev–Trinajstić information content (AvgIpc) is 3.31. The number of carbonyl (C=O) groups is 1. The molecular formula is C24H30FN3O3S. The Hall–Kier alpha value is -2.45. The van der Waals surface area contributed by atoms with Gasteiger partial charge in [0.1, 0.15) is 11.9 Å². The first-order chi connectivity index (χ1) is 15.4. The molecule has 6 nitrogen and oxygen atoms in total. The molecule has 32 heavy (non-hydrogen) atoms. The Morgan fingerprint density at radius 1 is 0.969 bits per heavy atom. The van der Waals surface area contributed by atoms with E-state index in [1.54, 1.807) is 11.9 Å². The molecule has 1 amide bonds. The minimum absolute atomic E-state index is 0.00885. The minimum atomic E-state index is -3.86. The molecule has 2 heterocycles. The fraction of sp³-hybridized carbons (Fsp3) is 0.458. The first-order valence-corrected chi connectivity index (χ1v) is 12.7. The molecule has 0 saturated carbocycles. The topological polar surface area (TPSA) is 60.9 Å². The molecule has 0 radical (unpaired) electrons. The highest BCUT2D eigenvalue weighted by atomic mass is 32.2. The van der Waals surface area contributed by atoms with E-state index in [1.807, 2.05) is 12.1 Å². The van der Waals surface area contributed by atoms with Crippen molar-refractivity contribution in [3.63, 3.8) is 0 Å². The zero-order chi connectivity index (χ0) is 22.7. The van der Waals surface area contributed by atoms with Gasteiger partial charge in [-0.25, -0.2) is 12.8 Å². The monoisotopic (exact) mass is 459 g/mol. The normalized spacial score (nSPS) is 19.8. The third kappa shape index (κ3) is 4.81. The molecule has 2 aromatic rings. The fourth-order valence-corrected chi connectivity index (χ4v) is 6.24. The average molecular weight is 460 g/mol. The molecule has 0 aliphatic carbocycles. The maximum atomic E-state index is 13.2. The van der Waals surface area contributed by atoms with Gasteiger partial charge in [0.25, 0.3) is 0 Å². The smallest absolute Gasteiger partial charge is 0.243 e. The largest absolute Gasteiger partial charge is 0.372 e. The second-order valence-electron chi connectivity index (χ2n) is 8.64. The summed E-state index contributed by atoms with van der Waals surface area (Å²) in [6.07, 6.45) is 4.83. The van der Waals surface area contributed by atoms with Crippen LogP contribution in [0.1, 0.15) is 37.7 Å². The summed E-state index contributed by atoms with van der Waals surface area (Å²) in [6, 6.07) is 12.3. The summed E-state index contributed by atoms with van der Waals surface area (Å²) in [5.41, 5.74) is 2.21. The molecule has 2 aliphatic rings. The van der Waals surface area contributed by atoms with Gasteiger partial charge in [-0.1, -0.05) is 12.1 Å². The van der Waals surface area contributed by atoms with Gasteiger partial charge in [0.05, 0.1) is 4.90 Å². The number of hydrogen-bond donors (Lipinski definition) is 0. The van der Waals surface area contributed by atoms with Crippen molar-refractivity contribution < 1.29 is 17.6 Å². The number of halogens is 1. The van der Waals surface area contributed by atoms with Crippen molar-refractivity contribution in [3.8, 4) is 0 Å². The number of benzene rings is 2. The Labute approximate surface area is 189 Å². The fourth-order valence-electron chi connectivity index (χ4n) is 4.59. The van der Waals surface area contributed by atoms with Crippen LogP contribution in [0.2, 0.25) is 0 Å². The van der Waals surface area contributed by atoms with Crippen molar-refractivity contribution in [1.82, 2.24) is 9.21 Å². The third-order valence-corrected chi connectivity index (χ3v) is 8.28. The van der Waals surface area contributed by atoms with Gasteiger partial charge in [-0.2, -0.15) is 4.31 Å². The van der Waals surface area contributed by atoms with E-state index < -0.39 is 21.9 Å². The number of piperidine rings is 1. The quantitative estimate of drug-likeness (QED) is 0.662. The predicted molar refractivity (Wildman–Crippen MR) is 122 cm³/mol. The Balaban J connectivity index is 1.43. The van der Waals surface area contributed by atoms with Gasteiger partial charge in [0.2, 0.25) is 15.9 Å². The number of sulfonamides is 1. The van der Waals surface area contributed by atoms with E-state index in [9.17, 15) is 17.6 Å². The minimum Gasteiger partial charge on any atom is -0.372 e. The van der Waals surface area contributed by atoms with Crippen LogP contribution in [0, 0.1) is 5.82 Å². The lowest BCUT2D eigenvalue weighted by Crippen LogP contribution is -2.46. The highest BCUT2D eigenvalue weighted by Crippen LogP contribution is 2.28. The Kier molecular flexibility index (Phi) is 6.81. The van der Waals surface area contributed by atoms with Gasteiger partial charge in [0.15, 0.2) is 0 Å². The Morgan fingerprint density at radius 3 is 2.28 bits per heavy atom. The van der Waals surface area contributed by atoms with Crippen molar-refractivity contribution in [1.29, 1.82) is 0 Å². The molecule has 4 rings (SSSR count). The van der Waals surface area contributed by atoms with E-state index in [1.165, 1.54) is 41.4 Å². The summed E-state index contributed by atoms with van der Waals surface area (Å²) in [6.45, 7) is 2.87. The van der Waals surface area contributed by atoms with Crippen molar-refractivity contribution in [2.75, 3.05) is 31.6 Å². The van der Waals surface area contributed by atoms with Crippen molar-refractivity contribution >= 4 is 21.6 Å². The number of likely N-dealkylation sites (N-methyl/N-ethyl adjacent to an activating group) is 1. The van der Waals surface area contributed by atoms with E-state index in [0.717, 1.165) is 30.8 Å². The number of rotatable bonds is 6. The molecule has 1 unspecified atom stereocenters. The van der Waals surface area contributed by atoms with Gasteiger partial charge in [-0.3, -0.25) is 4.79 Å². The first-order valence-electron chi connectivity index (χ1n) is 11.2. The molecule has 0 aromatic heterocycles. The molecule has 2 saturated heterocycles. The van der Waals surface area contributed by atoms with E-state index in [4.69, 9.17) is 0 Å². The van der Waals surface area contributed by atoms with Crippen LogP contribution in [0.15, 0.2) is 53.4 Å². The number of nitrogens with zero attached hydrogens (tertiary/aromatic N) is 3. The van der Waals surface area contributed by atoms with Crippen molar-refractivity contribution in [3.05, 3.63) is 59.9 Å². The summed E-state index contributed by atoms with van der Waals surface area (Å²) in [5.74, 6) is -0.711. The lowest BCUT2D eigenvalue weighted by atomic mass is 10.1. The van der Waals surface area contributed by atoms with Crippen LogP contribution in [0.5, 0.6) is 0 Å². The van der Waals surface area contributed by atoms with Crippen molar-refractivity contribution in [2.24, 2.45) is 0 Å². The molecule has 0 N–H and O–H groups in total. The number of amides is 1. The van der Waals surface area contributed by atoms with Crippen LogP contribution >= 0.6 is 0 Å². The van der Waals surface area contributed by atoms with E-state index in [-0.39, 0.29) is 17.3 Å². The zero-order valence-corrected chi connectivity index (χ0v) is 19.2. The van der Waals surface area contributed by atoms with Crippen LogP contribution in [-0.2, 0) is 21.4 Å². The molecule has 2 aliphatic heterocycles. The summed E-state index contributed by atoms with van der Waals surface area (Å²) in [5, 5.41) is 0. The van der Waals surface area contributed by atoms with Crippen LogP contribution in [-0.4, -0.2) is 56.3 Å². The second kappa shape index (κ2) is 9.58. The summed E-state index contributed by atoms with van der Waals surface area (Å²) in [7, 11) is -2.15. The summed E-state index contributed by atoms with van der Waals surface area (Å²) < 4.78 is 40.6. The zero-order valence-electron chi connectivity index (χ0n) is 18.4. The standard InChI is InChI=1S/C24H30FN3O3S/c1-26(18-19-7-11-21(12-8-19)27-15-3-2-4-16-27)24(29)23-6-5-17-28(23)32(30,31)22-13-9-20(25)10-14-22/h7-14,23H,2-6,15-18H2,1H3. The number of anilines is 1. The van der Waals surface area contributed by atoms with Gasteiger partial charge >= 0.3 is 0 Å². The van der Waals surface area contributed by atoms with Crippen LogP contribution < -0.4 is 4.90 Å². The second-order valence-corrected chi connectivity index (χ2v) is 10.5. The molecule has 8 heteroatoms. The molecule has 1 atom stereocenters. The van der Waals surface area contributed by atoms with Gasteiger partial charge in [0, 0.05) is 38.9 Å². The highest BCUT2D eigenvalue weighted by Gasteiger charge is 2.40. The predicted octanol–water partition coefficient (Wildman–Crippen LogP) is 3.63. The van der Waals surface area contributed by atoms with E-state index >= 15 is 0 Å².